The van der Waals surface area contributed by atoms with Crippen LogP contribution in [0.2, 0.25) is 0 Å². The molecule has 0 unspecified atom stereocenters. The Morgan fingerprint density at radius 1 is 1.44 bits per heavy atom. The maximum atomic E-state index is 11.9. The third-order valence-electron chi connectivity index (χ3n) is 2.09. The predicted molar refractivity (Wildman–Crippen MR) is 66.1 cm³/mol. The maximum absolute atomic E-state index is 11.9. The molecule has 0 atom stereocenters. The van der Waals surface area contributed by atoms with Gasteiger partial charge >= 0.3 is 0 Å². The van der Waals surface area contributed by atoms with Gasteiger partial charge in [0.05, 0.1) is 4.90 Å². The summed E-state index contributed by atoms with van der Waals surface area (Å²) in [6.07, 6.45) is 0. The number of benzene rings is 1. The van der Waals surface area contributed by atoms with E-state index in [4.69, 9.17) is 11.6 Å². The summed E-state index contributed by atoms with van der Waals surface area (Å²) in [5, 5.41) is 0.258. The highest BCUT2D eigenvalue weighted by Crippen LogP contribution is 2.16. The lowest BCUT2D eigenvalue weighted by Crippen LogP contribution is -2.25. The smallest absolute Gasteiger partial charge is 0.207 e. The number of hydrogen-bond acceptors (Lipinski definition) is 2. The van der Waals surface area contributed by atoms with Crippen LogP contribution < -0.4 is 4.72 Å². The molecule has 0 heterocycles. The molecule has 5 heteroatoms. The van der Waals surface area contributed by atoms with Crippen LogP contribution in [0.5, 0.6) is 0 Å². The zero-order chi connectivity index (χ0) is 12.3. The molecule has 0 aliphatic heterocycles. The summed E-state index contributed by atoms with van der Waals surface area (Å²) >= 11 is 5.52. The molecule has 0 aromatic heterocycles. The summed E-state index contributed by atoms with van der Waals surface area (Å²) in [4.78, 5) is 0.283. The minimum atomic E-state index is -3.50. The molecule has 0 saturated carbocycles. The molecular weight excluding hydrogens is 246 g/mol. The van der Waals surface area contributed by atoms with Crippen LogP contribution in [0.3, 0.4) is 0 Å². The normalized spacial score (nSPS) is 11.4. The van der Waals surface area contributed by atoms with E-state index in [-0.39, 0.29) is 16.5 Å². The van der Waals surface area contributed by atoms with Crippen molar-refractivity contribution in [1.29, 1.82) is 0 Å². The van der Waals surface area contributed by atoms with Crippen molar-refractivity contribution >= 4 is 21.6 Å². The van der Waals surface area contributed by atoms with E-state index in [9.17, 15) is 8.42 Å². The Bertz CT molecular complexity index is 509. The van der Waals surface area contributed by atoms with Gasteiger partial charge in [-0.05, 0) is 31.0 Å². The molecular formula is C11H14ClNO2S. The van der Waals surface area contributed by atoms with Gasteiger partial charge in [0.1, 0.15) is 0 Å². The van der Waals surface area contributed by atoms with Crippen molar-refractivity contribution < 1.29 is 8.42 Å². The van der Waals surface area contributed by atoms with Crippen molar-refractivity contribution in [2.45, 2.75) is 18.7 Å². The molecule has 0 aliphatic rings. The second-order valence-electron chi connectivity index (χ2n) is 3.61. The number of halogens is 1. The molecule has 0 fully saturated rings. The van der Waals surface area contributed by atoms with Gasteiger partial charge in [0.15, 0.2) is 0 Å². The molecule has 88 valence electrons. The van der Waals surface area contributed by atoms with Gasteiger partial charge in [-0.25, -0.2) is 13.1 Å². The lowest BCUT2D eigenvalue weighted by Gasteiger charge is -2.09. The number of hydrogen-bond donors (Lipinski definition) is 1. The highest BCUT2D eigenvalue weighted by molar-refractivity contribution is 7.89. The van der Waals surface area contributed by atoms with Crippen LogP contribution in [0.1, 0.15) is 11.1 Å². The molecule has 0 aliphatic carbocycles. The average molecular weight is 260 g/mol. The van der Waals surface area contributed by atoms with E-state index in [1.165, 1.54) is 0 Å². The summed E-state index contributed by atoms with van der Waals surface area (Å²) in [6, 6.07) is 5.28. The second-order valence-corrected chi connectivity index (χ2v) is 5.88. The fourth-order valence-electron chi connectivity index (χ4n) is 1.25. The van der Waals surface area contributed by atoms with Crippen molar-refractivity contribution in [3.63, 3.8) is 0 Å². The van der Waals surface area contributed by atoms with Crippen LogP contribution in [0, 0.1) is 13.8 Å². The molecule has 0 spiro atoms. The first-order chi connectivity index (χ1) is 7.33. The lowest BCUT2D eigenvalue weighted by molar-refractivity contribution is 0.584. The van der Waals surface area contributed by atoms with Crippen LogP contribution in [-0.2, 0) is 10.0 Å². The second kappa shape index (κ2) is 4.99. The maximum Gasteiger partial charge on any atom is 0.241 e. The third kappa shape index (κ3) is 3.33. The van der Waals surface area contributed by atoms with Crippen molar-refractivity contribution in [2.24, 2.45) is 0 Å². The van der Waals surface area contributed by atoms with Crippen LogP contribution in [-0.4, -0.2) is 15.0 Å². The van der Waals surface area contributed by atoms with E-state index in [1.54, 1.807) is 19.1 Å². The summed E-state index contributed by atoms with van der Waals surface area (Å²) in [7, 11) is -3.50. The topological polar surface area (TPSA) is 46.2 Å². The minimum absolute atomic E-state index is 0.0390. The highest BCUT2D eigenvalue weighted by Gasteiger charge is 2.16. The van der Waals surface area contributed by atoms with Crippen LogP contribution >= 0.6 is 11.6 Å². The number of nitrogens with one attached hydrogen (secondary N) is 1. The Hall–Kier alpha value is -0.840. The molecule has 0 amide bonds. The molecule has 1 aromatic carbocycles. The molecule has 1 aromatic rings. The Balaban J connectivity index is 3.07. The van der Waals surface area contributed by atoms with E-state index in [2.05, 4.69) is 11.3 Å². The molecule has 1 N–H and O–H groups in total. The monoisotopic (exact) mass is 259 g/mol. The fraction of sp³-hybridized carbons (Fsp3) is 0.273. The van der Waals surface area contributed by atoms with Gasteiger partial charge in [0.2, 0.25) is 10.0 Å². The van der Waals surface area contributed by atoms with E-state index < -0.39 is 10.0 Å². The minimum Gasteiger partial charge on any atom is -0.207 e. The summed E-state index contributed by atoms with van der Waals surface area (Å²) in [5.74, 6) is 0. The SMILES string of the molecule is C=C(Cl)CNS(=O)(=O)c1cc(C)ccc1C. The first-order valence-corrected chi connectivity index (χ1v) is 6.59. The van der Waals surface area contributed by atoms with Crippen molar-refractivity contribution in [3.8, 4) is 0 Å². The quantitative estimate of drug-likeness (QED) is 0.902. The molecule has 0 saturated heterocycles. The standard InChI is InChI=1S/C11H14ClNO2S/c1-8-4-5-9(2)11(6-8)16(14,15)13-7-10(3)12/h4-6,13H,3,7H2,1-2H3. The number of aryl methyl sites for hydroxylation is 2. The van der Waals surface area contributed by atoms with Gasteiger partial charge in [0, 0.05) is 11.6 Å². The van der Waals surface area contributed by atoms with Gasteiger partial charge in [-0.2, -0.15) is 0 Å². The Morgan fingerprint density at radius 2 is 2.06 bits per heavy atom. The molecule has 0 bridgehead atoms. The van der Waals surface area contributed by atoms with Crippen molar-refractivity contribution in [2.75, 3.05) is 6.54 Å². The van der Waals surface area contributed by atoms with Gasteiger partial charge in [-0.15, -0.1) is 0 Å². The van der Waals surface area contributed by atoms with Crippen LogP contribution in [0.15, 0.2) is 34.7 Å². The fourth-order valence-corrected chi connectivity index (χ4v) is 2.75. The largest absolute Gasteiger partial charge is 0.241 e. The van der Waals surface area contributed by atoms with E-state index in [0.29, 0.717) is 5.56 Å². The highest BCUT2D eigenvalue weighted by atomic mass is 35.5. The Kier molecular flexibility index (Phi) is 4.13. The Labute approximate surface area is 101 Å². The zero-order valence-corrected chi connectivity index (χ0v) is 10.8. The first-order valence-electron chi connectivity index (χ1n) is 4.73. The lowest BCUT2D eigenvalue weighted by atomic mass is 10.2. The van der Waals surface area contributed by atoms with Crippen LogP contribution in [0.4, 0.5) is 0 Å². The van der Waals surface area contributed by atoms with E-state index in [1.807, 2.05) is 13.0 Å². The van der Waals surface area contributed by atoms with Crippen LogP contribution in [0.25, 0.3) is 0 Å². The average Bonchev–Trinajstić information content (AvgIpc) is 2.19. The van der Waals surface area contributed by atoms with E-state index >= 15 is 0 Å². The third-order valence-corrected chi connectivity index (χ3v) is 3.76. The van der Waals surface area contributed by atoms with Gasteiger partial charge < -0.3 is 0 Å². The van der Waals surface area contributed by atoms with Gasteiger partial charge in [0.25, 0.3) is 0 Å². The number of rotatable bonds is 4. The summed E-state index contributed by atoms with van der Waals surface area (Å²) in [5.41, 5.74) is 1.61. The van der Waals surface area contributed by atoms with E-state index in [0.717, 1.165) is 5.56 Å². The molecule has 3 nitrogen and oxygen atoms in total. The molecule has 16 heavy (non-hydrogen) atoms. The number of sulfonamides is 1. The van der Waals surface area contributed by atoms with Crippen molar-refractivity contribution in [1.82, 2.24) is 4.72 Å². The Morgan fingerprint density at radius 3 is 2.62 bits per heavy atom. The zero-order valence-electron chi connectivity index (χ0n) is 9.25. The van der Waals surface area contributed by atoms with Gasteiger partial charge in [-0.1, -0.05) is 30.3 Å². The van der Waals surface area contributed by atoms with Crippen molar-refractivity contribution in [3.05, 3.63) is 40.9 Å². The first kappa shape index (κ1) is 13.2. The summed E-state index contributed by atoms with van der Waals surface area (Å²) in [6.45, 7) is 7.07. The molecule has 1 rings (SSSR count). The molecule has 0 radical (unpaired) electrons. The van der Waals surface area contributed by atoms with Gasteiger partial charge in [-0.3, -0.25) is 0 Å². The summed E-state index contributed by atoms with van der Waals surface area (Å²) < 4.78 is 26.2. The predicted octanol–water partition coefficient (Wildman–Crippen LogP) is 2.33.